The average Bonchev–Trinajstić information content (AvgIpc) is 2.46. The van der Waals surface area contributed by atoms with E-state index in [-0.39, 0.29) is 5.82 Å². The Morgan fingerprint density at radius 2 is 2.10 bits per heavy atom. The molecule has 0 saturated heterocycles. The van der Waals surface area contributed by atoms with E-state index in [9.17, 15) is 13.2 Å². The molecular formula is C13H17F3N4S. The predicted molar refractivity (Wildman–Crippen MR) is 79.6 cm³/mol. The molecule has 21 heavy (non-hydrogen) atoms. The van der Waals surface area contributed by atoms with Crippen LogP contribution >= 0.6 is 11.9 Å². The fourth-order valence-electron chi connectivity index (χ4n) is 2.13. The fourth-order valence-corrected chi connectivity index (χ4v) is 2.63. The highest BCUT2D eigenvalue weighted by atomic mass is 32.2. The van der Waals surface area contributed by atoms with E-state index in [0.717, 1.165) is 31.1 Å². The summed E-state index contributed by atoms with van der Waals surface area (Å²) in [6.45, 7) is 1.64. The molecule has 0 spiro atoms. The van der Waals surface area contributed by atoms with Gasteiger partial charge in [0, 0.05) is 20.1 Å². The van der Waals surface area contributed by atoms with Gasteiger partial charge in [0.2, 0.25) is 0 Å². The molecule has 0 aromatic carbocycles. The first kappa shape index (κ1) is 16.1. The number of anilines is 1. The number of halogens is 3. The lowest BCUT2D eigenvalue weighted by atomic mass is 10.0. The Morgan fingerprint density at radius 3 is 2.62 bits per heavy atom. The Bertz CT molecular complexity index is 531. The van der Waals surface area contributed by atoms with Crippen molar-refractivity contribution in [3.8, 4) is 0 Å². The third kappa shape index (κ3) is 3.90. The van der Waals surface area contributed by atoms with Gasteiger partial charge in [-0.3, -0.25) is 0 Å². The number of alkyl halides is 3. The molecule has 0 atom stereocenters. The maximum absolute atomic E-state index is 12.9. The molecule has 1 aromatic heterocycles. The predicted octanol–water partition coefficient (Wildman–Crippen LogP) is 3.01. The number of hydrogen-bond donors (Lipinski definition) is 2. The molecule has 0 aliphatic carbocycles. The summed E-state index contributed by atoms with van der Waals surface area (Å²) in [6, 6.07) is 2.51. The number of aromatic nitrogens is 1. The summed E-state index contributed by atoms with van der Waals surface area (Å²) in [5, 5.41) is 0. The number of nitrogens with one attached hydrogen (secondary N) is 2. The van der Waals surface area contributed by atoms with Crippen molar-refractivity contribution in [3.63, 3.8) is 0 Å². The Morgan fingerprint density at radius 1 is 1.33 bits per heavy atom. The number of pyridine rings is 1. The van der Waals surface area contributed by atoms with Crippen LogP contribution in [0, 0.1) is 0 Å². The fraction of sp³-hybridized carbons (Fsp3) is 0.462. The van der Waals surface area contributed by atoms with Gasteiger partial charge in [-0.1, -0.05) is 18.0 Å². The van der Waals surface area contributed by atoms with E-state index in [1.165, 1.54) is 13.1 Å². The Hall–Kier alpha value is -1.25. The first-order valence-corrected chi connectivity index (χ1v) is 7.63. The molecule has 116 valence electrons. The Kier molecular flexibility index (Phi) is 5.13. The summed E-state index contributed by atoms with van der Waals surface area (Å²) < 4.78 is 40.9. The van der Waals surface area contributed by atoms with E-state index >= 15 is 0 Å². The summed E-state index contributed by atoms with van der Waals surface area (Å²) in [5.41, 5.74) is 5.75. The van der Waals surface area contributed by atoms with E-state index < -0.39 is 11.7 Å². The first-order valence-electron chi connectivity index (χ1n) is 6.45. The zero-order chi connectivity index (χ0) is 15.5. The van der Waals surface area contributed by atoms with Crippen molar-refractivity contribution in [1.29, 1.82) is 0 Å². The topological polar surface area (TPSA) is 40.2 Å². The van der Waals surface area contributed by atoms with Crippen molar-refractivity contribution < 1.29 is 13.2 Å². The minimum atomic E-state index is -4.43. The number of rotatable bonds is 4. The normalized spacial score (nSPS) is 16.7. The molecule has 8 heteroatoms. The highest BCUT2D eigenvalue weighted by molar-refractivity contribution is 7.96. The van der Waals surface area contributed by atoms with E-state index in [1.54, 1.807) is 11.9 Å². The molecule has 1 aliphatic rings. The van der Waals surface area contributed by atoms with Crippen LogP contribution in [0.15, 0.2) is 18.2 Å². The van der Waals surface area contributed by atoms with E-state index in [4.69, 9.17) is 0 Å². The second-order valence-corrected chi connectivity index (χ2v) is 5.40. The molecule has 1 aliphatic heterocycles. The molecule has 0 bridgehead atoms. The summed E-state index contributed by atoms with van der Waals surface area (Å²) in [5.74, 6) is -0.198. The molecule has 2 heterocycles. The summed E-state index contributed by atoms with van der Waals surface area (Å²) in [6.07, 6.45) is 0.363. The molecule has 1 aromatic rings. The van der Waals surface area contributed by atoms with E-state index in [0.29, 0.717) is 5.69 Å². The van der Waals surface area contributed by atoms with Crippen LogP contribution < -0.4 is 10.9 Å². The largest absolute Gasteiger partial charge is 0.419 e. The lowest BCUT2D eigenvalue weighted by molar-refractivity contribution is -0.137. The van der Waals surface area contributed by atoms with Crippen LogP contribution in [0.2, 0.25) is 0 Å². The minimum absolute atomic E-state index is 0.198. The van der Waals surface area contributed by atoms with Crippen LogP contribution in [0.25, 0.3) is 5.57 Å². The molecule has 0 saturated carbocycles. The first-order chi connectivity index (χ1) is 9.95. The van der Waals surface area contributed by atoms with Crippen molar-refractivity contribution in [2.24, 2.45) is 0 Å². The second kappa shape index (κ2) is 6.67. The SMILES string of the molecule is CNNc1nc(C2=CCN(SC)CC2)ccc1C(F)(F)F. The summed E-state index contributed by atoms with van der Waals surface area (Å²) in [4.78, 5) is 4.12. The van der Waals surface area contributed by atoms with Gasteiger partial charge in [0.15, 0.2) is 5.82 Å². The second-order valence-electron chi connectivity index (χ2n) is 4.52. The van der Waals surface area contributed by atoms with Gasteiger partial charge in [-0.05, 0) is 30.4 Å². The number of nitrogens with zero attached hydrogens (tertiary/aromatic N) is 2. The lowest BCUT2D eigenvalue weighted by Gasteiger charge is -2.24. The lowest BCUT2D eigenvalue weighted by Crippen LogP contribution is -2.23. The number of hydrazine groups is 1. The van der Waals surface area contributed by atoms with Crippen LogP contribution in [0.1, 0.15) is 17.7 Å². The van der Waals surface area contributed by atoms with Crippen molar-refractivity contribution in [2.75, 3.05) is 31.8 Å². The summed E-state index contributed by atoms with van der Waals surface area (Å²) >= 11 is 1.66. The quantitative estimate of drug-likeness (QED) is 0.660. The zero-order valence-corrected chi connectivity index (χ0v) is 12.6. The molecule has 2 N–H and O–H groups in total. The van der Waals surface area contributed by atoms with Gasteiger partial charge in [0.1, 0.15) is 0 Å². The molecular weight excluding hydrogens is 301 g/mol. The molecule has 0 fully saturated rings. The van der Waals surface area contributed by atoms with E-state index in [2.05, 4.69) is 20.1 Å². The van der Waals surface area contributed by atoms with E-state index in [1.807, 2.05) is 12.3 Å². The van der Waals surface area contributed by atoms with Gasteiger partial charge in [-0.2, -0.15) is 13.2 Å². The highest BCUT2D eigenvalue weighted by Crippen LogP contribution is 2.35. The van der Waals surface area contributed by atoms with Crippen LogP contribution in [0.3, 0.4) is 0 Å². The molecule has 4 nitrogen and oxygen atoms in total. The summed E-state index contributed by atoms with van der Waals surface area (Å²) in [7, 11) is 1.50. The van der Waals surface area contributed by atoms with Crippen LogP contribution in [-0.4, -0.2) is 35.7 Å². The molecule has 0 radical (unpaired) electrons. The Labute approximate surface area is 125 Å². The molecule has 0 amide bonds. The van der Waals surface area contributed by atoms with Gasteiger partial charge in [-0.15, -0.1) is 0 Å². The average molecular weight is 318 g/mol. The van der Waals surface area contributed by atoms with Gasteiger partial charge >= 0.3 is 6.18 Å². The smallest absolute Gasteiger partial charge is 0.306 e. The zero-order valence-electron chi connectivity index (χ0n) is 11.8. The minimum Gasteiger partial charge on any atom is -0.306 e. The van der Waals surface area contributed by atoms with Gasteiger partial charge in [-0.25, -0.2) is 14.7 Å². The van der Waals surface area contributed by atoms with Gasteiger partial charge < -0.3 is 5.43 Å². The Balaban J connectivity index is 2.30. The van der Waals surface area contributed by atoms with Gasteiger partial charge in [0.25, 0.3) is 0 Å². The van der Waals surface area contributed by atoms with Crippen LogP contribution in [-0.2, 0) is 6.18 Å². The highest BCUT2D eigenvalue weighted by Gasteiger charge is 2.34. The molecule has 0 unspecified atom stereocenters. The third-order valence-corrected chi connectivity index (χ3v) is 4.05. The standard InChI is InChI=1S/C13H17F3N4S/c1-17-19-12-10(13(14,15)16)3-4-11(18-12)9-5-7-20(21-2)8-6-9/h3-5,17H,6-8H2,1-2H3,(H,18,19). The third-order valence-electron chi connectivity index (χ3n) is 3.20. The van der Waals surface area contributed by atoms with Crippen LogP contribution in [0.5, 0.6) is 0 Å². The maximum atomic E-state index is 12.9. The number of hydrogen-bond acceptors (Lipinski definition) is 5. The van der Waals surface area contributed by atoms with Crippen molar-refractivity contribution >= 4 is 23.3 Å². The van der Waals surface area contributed by atoms with Gasteiger partial charge in [0.05, 0.1) is 11.3 Å². The van der Waals surface area contributed by atoms with Crippen molar-refractivity contribution in [3.05, 3.63) is 29.5 Å². The van der Waals surface area contributed by atoms with Crippen molar-refractivity contribution in [2.45, 2.75) is 12.6 Å². The van der Waals surface area contributed by atoms with Crippen LogP contribution in [0.4, 0.5) is 19.0 Å². The molecule has 2 rings (SSSR count). The van der Waals surface area contributed by atoms with Crippen molar-refractivity contribution in [1.82, 2.24) is 14.7 Å². The monoisotopic (exact) mass is 318 g/mol. The maximum Gasteiger partial charge on any atom is 0.419 e.